The number of ether oxygens (including phenoxy) is 1. The third kappa shape index (κ3) is 2.38. The van der Waals surface area contributed by atoms with Crippen LogP contribution in [0.2, 0.25) is 0 Å². The summed E-state index contributed by atoms with van der Waals surface area (Å²) in [5.74, 6) is 1.02. The Morgan fingerprint density at radius 1 is 1.40 bits per heavy atom. The number of β-amino-alcohol motifs (C(OH)–C–C–N with tert-alkyl or cyclic N) is 1. The van der Waals surface area contributed by atoms with Crippen molar-refractivity contribution in [3.05, 3.63) is 27.7 Å². The smallest absolute Gasteiger partial charge is 0.125 e. The second-order valence-corrected chi connectivity index (χ2v) is 7.42. The molecular weight excluding hydrogens is 318 g/mol. The van der Waals surface area contributed by atoms with Crippen molar-refractivity contribution in [2.45, 2.75) is 43.7 Å². The Morgan fingerprint density at radius 3 is 3.05 bits per heavy atom. The average molecular weight is 338 g/mol. The minimum atomic E-state index is -0.580. The van der Waals surface area contributed by atoms with Crippen molar-refractivity contribution in [3.8, 4) is 5.75 Å². The monoisotopic (exact) mass is 337 g/mol. The lowest BCUT2D eigenvalue weighted by Gasteiger charge is -2.24. The van der Waals surface area contributed by atoms with E-state index in [1.807, 2.05) is 0 Å². The van der Waals surface area contributed by atoms with E-state index in [0.29, 0.717) is 6.42 Å². The van der Waals surface area contributed by atoms with Gasteiger partial charge in [-0.3, -0.25) is 4.90 Å². The van der Waals surface area contributed by atoms with Gasteiger partial charge in [0.1, 0.15) is 5.75 Å². The first-order chi connectivity index (χ1) is 9.63. The van der Waals surface area contributed by atoms with Crippen molar-refractivity contribution >= 4 is 15.9 Å². The van der Waals surface area contributed by atoms with Crippen LogP contribution in [0.25, 0.3) is 0 Å². The van der Waals surface area contributed by atoms with Gasteiger partial charge in [0.2, 0.25) is 0 Å². The predicted molar refractivity (Wildman–Crippen MR) is 81.2 cm³/mol. The highest BCUT2D eigenvalue weighted by atomic mass is 79.9. The van der Waals surface area contributed by atoms with Gasteiger partial charge in [-0.15, -0.1) is 0 Å². The second-order valence-electron chi connectivity index (χ2n) is 6.50. The Labute approximate surface area is 128 Å². The molecule has 3 nitrogen and oxygen atoms in total. The molecule has 1 aliphatic carbocycles. The zero-order valence-electron chi connectivity index (χ0n) is 11.6. The molecule has 2 fully saturated rings. The standard InChI is InChI=1S/C16H20BrNO2/c17-13-7-11-3-6-20-15(11)12(8-13)9-16(19)4-5-18(10-16)14-1-2-14/h7-8,14,19H,1-6,9-10H2. The summed E-state index contributed by atoms with van der Waals surface area (Å²) in [6, 6.07) is 5.00. The first-order valence-electron chi connectivity index (χ1n) is 7.54. The van der Waals surface area contributed by atoms with E-state index in [4.69, 9.17) is 4.74 Å². The maximum absolute atomic E-state index is 10.9. The number of rotatable bonds is 3. The fourth-order valence-electron chi connectivity index (χ4n) is 3.62. The molecule has 1 saturated carbocycles. The van der Waals surface area contributed by atoms with Crippen molar-refractivity contribution in [2.24, 2.45) is 0 Å². The zero-order valence-corrected chi connectivity index (χ0v) is 13.2. The fourth-order valence-corrected chi connectivity index (χ4v) is 4.17. The van der Waals surface area contributed by atoms with Gasteiger partial charge < -0.3 is 9.84 Å². The van der Waals surface area contributed by atoms with Gasteiger partial charge in [0, 0.05) is 36.4 Å². The van der Waals surface area contributed by atoms with E-state index in [1.54, 1.807) is 0 Å². The molecule has 1 N–H and O–H groups in total. The lowest BCUT2D eigenvalue weighted by atomic mass is 9.92. The number of aliphatic hydroxyl groups is 1. The molecule has 0 amide bonds. The summed E-state index contributed by atoms with van der Waals surface area (Å²) in [7, 11) is 0. The molecule has 2 heterocycles. The third-order valence-electron chi connectivity index (χ3n) is 4.77. The SMILES string of the molecule is OC1(Cc2cc(Br)cc3c2OCC3)CCN(C2CC2)C1. The van der Waals surface area contributed by atoms with E-state index in [9.17, 15) is 5.11 Å². The number of hydrogen-bond acceptors (Lipinski definition) is 3. The van der Waals surface area contributed by atoms with Crippen LogP contribution >= 0.6 is 15.9 Å². The van der Waals surface area contributed by atoms with Gasteiger partial charge in [0.25, 0.3) is 0 Å². The third-order valence-corrected chi connectivity index (χ3v) is 5.23. The van der Waals surface area contributed by atoms with E-state index >= 15 is 0 Å². The highest BCUT2D eigenvalue weighted by Crippen LogP contribution is 2.39. The Hall–Kier alpha value is -0.580. The largest absolute Gasteiger partial charge is 0.493 e. The van der Waals surface area contributed by atoms with Gasteiger partial charge >= 0.3 is 0 Å². The summed E-state index contributed by atoms with van der Waals surface area (Å²) in [5, 5.41) is 10.9. The molecule has 1 unspecified atom stereocenters. The van der Waals surface area contributed by atoms with Crippen molar-refractivity contribution in [1.82, 2.24) is 4.90 Å². The van der Waals surface area contributed by atoms with Crippen LogP contribution in [-0.4, -0.2) is 41.3 Å². The van der Waals surface area contributed by atoms with Crippen LogP contribution in [0.3, 0.4) is 0 Å². The summed E-state index contributed by atoms with van der Waals surface area (Å²) in [6.45, 7) is 2.63. The van der Waals surface area contributed by atoms with Crippen LogP contribution in [-0.2, 0) is 12.8 Å². The quantitative estimate of drug-likeness (QED) is 0.919. The van der Waals surface area contributed by atoms with Gasteiger partial charge in [0.05, 0.1) is 12.2 Å². The average Bonchev–Trinajstić information content (AvgIpc) is 3.01. The first-order valence-corrected chi connectivity index (χ1v) is 8.33. The normalized spacial score (nSPS) is 29.5. The van der Waals surface area contributed by atoms with Crippen LogP contribution in [0.1, 0.15) is 30.4 Å². The van der Waals surface area contributed by atoms with Crippen molar-refractivity contribution in [1.29, 1.82) is 0 Å². The van der Waals surface area contributed by atoms with Crippen LogP contribution in [0.5, 0.6) is 5.75 Å². The molecule has 4 rings (SSSR count). The summed E-state index contributed by atoms with van der Waals surface area (Å²) >= 11 is 3.58. The highest BCUT2D eigenvalue weighted by Gasteiger charge is 2.42. The Morgan fingerprint density at radius 2 is 2.25 bits per heavy atom. The number of fused-ring (bicyclic) bond motifs is 1. The molecule has 4 heteroatoms. The summed E-state index contributed by atoms with van der Waals surface area (Å²) < 4.78 is 6.88. The summed E-state index contributed by atoms with van der Waals surface area (Å²) in [5.41, 5.74) is 1.85. The minimum Gasteiger partial charge on any atom is -0.493 e. The molecule has 108 valence electrons. The Kier molecular flexibility index (Phi) is 3.09. The number of nitrogens with zero attached hydrogens (tertiary/aromatic N) is 1. The Balaban J connectivity index is 1.57. The molecule has 20 heavy (non-hydrogen) atoms. The molecule has 1 atom stereocenters. The molecule has 0 radical (unpaired) electrons. The van der Waals surface area contributed by atoms with Gasteiger partial charge in [-0.25, -0.2) is 0 Å². The van der Waals surface area contributed by atoms with Crippen LogP contribution in [0, 0.1) is 0 Å². The molecular formula is C16H20BrNO2. The molecule has 0 spiro atoms. The maximum Gasteiger partial charge on any atom is 0.125 e. The topological polar surface area (TPSA) is 32.7 Å². The van der Waals surface area contributed by atoms with Crippen molar-refractivity contribution < 1.29 is 9.84 Å². The van der Waals surface area contributed by atoms with E-state index < -0.39 is 5.60 Å². The van der Waals surface area contributed by atoms with Crippen LogP contribution in [0.15, 0.2) is 16.6 Å². The minimum absolute atomic E-state index is 0.580. The molecule has 1 saturated heterocycles. The lowest BCUT2D eigenvalue weighted by Crippen LogP contribution is -2.36. The fraction of sp³-hybridized carbons (Fsp3) is 0.625. The number of benzene rings is 1. The van der Waals surface area contributed by atoms with E-state index in [2.05, 4.69) is 33.0 Å². The molecule has 2 aliphatic heterocycles. The van der Waals surface area contributed by atoms with Crippen molar-refractivity contribution in [3.63, 3.8) is 0 Å². The molecule has 0 bridgehead atoms. The number of likely N-dealkylation sites (tertiary alicyclic amines) is 1. The van der Waals surface area contributed by atoms with Gasteiger partial charge in [-0.2, -0.15) is 0 Å². The van der Waals surface area contributed by atoms with Crippen LogP contribution in [0.4, 0.5) is 0 Å². The maximum atomic E-state index is 10.9. The molecule has 0 aromatic heterocycles. The zero-order chi connectivity index (χ0) is 13.7. The molecule has 1 aromatic rings. The molecule has 1 aromatic carbocycles. The van der Waals surface area contributed by atoms with Gasteiger partial charge in [-0.05, 0) is 42.5 Å². The van der Waals surface area contributed by atoms with Gasteiger partial charge in [-0.1, -0.05) is 15.9 Å². The first kappa shape index (κ1) is 13.1. The van der Waals surface area contributed by atoms with Gasteiger partial charge in [0.15, 0.2) is 0 Å². The number of hydrogen-bond donors (Lipinski definition) is 1. The number of halogens is 1. The van der Waals surface area contributed by atoms with E-state index in [-0.39, 0.29) is 0 Å². The van der Waals surface area contributed by atoms with Crippen LogP contribution < -0.4 is 4.74 Å². The van der Waals surface area contributed by atoms with Crippen molar-refractivity contribution in [2.75, 3.05) is 19.7 Å². The highest BCUT2D eigenvalue weighted by molar-refractivity contribution is 9.10. The van der Waals surface area contributed by atoms with E-state index in [1.165, 1.54) is 18.4 Å². The lowest BCUT2D eigenvalue weighted by molar-refractivity contribution is 0.0481. The Bertz CT molecular complexity index is 544. The predicted octanol–water partition coefficient (Wildman–Crippen LogP) is 2.53. The second kappa shape index (κ2) is 4.72. The molecule has 3 aliphatic rings. The summed E-state index contributed by atoms with van der Waals surface area (Å²) in [6.07, 6.45) is 5.19. The summed E-state index contributed by atoms with van der Waals surface area (Å²) in [4.78, 5) is 2.46. The van der Waals surface area contributed by atoms with E-state index in [0.717, 1.165) is 54.4 Å².